The predicted octanol–water partition coefficient (Wildman–Crippen LogP) is 2.01. The zero-order valence-electron chi connectivity index (χ0n) is 12.0. The van der Waals surface area contributed by atoms with Crippen LogP contribution in [-0.2, 0) is 4.79 Å². The van der Waals surface area contributed by atoms with E-state index in [0.29, 0.717) is 19.3 Å². The molecule has 23 heavy (non-hydrogen) atoms. The largest absolute Gasteiger partial charge is 0.481 e. The smallest absolute Gasteiger partial charge is 0.422 e. The predicted molar refractivity (Wildman–Crippen MR) is 72.0 cm³/mol. The Morgan fingerprint density at radius 2 is 2.13 bits per heavy atom. The second kappa shape index (κ2) is 6.84. The van der Waals surface area contributed by atoms with E-state index < -0.39 is 36.5 Å². The van der Waals surface area contributed by atoms with E-state index in [1.54, 1.807) is 0 Å². The van der Waals surface area contributed by atoms with Gasteiger partial charge in [0.25, 0.3) is 5.91 Å². The standard InChI is InChI=1S/C14H15F3N2O4/c15-14(16,17)7-23-12-10(2-1-5-18-12)11(20)19-9-4-3-8(6-9)13(21)22/h1-2,5,8-9H,3-4,6-7H2,(H,19,20)(H,21,22)/t8-,9+/m0/s1. The number of carboxylic acid groups (broad SMARTS) is 1. The Balaban J connectivity index is 2.01. The molecule has 6 nitrogen and oxygen atoms in total. The van der Waals surface area contributed by atoms with Crippen LogP contribution in [0.5, 0.6) is 5.88 Å². The van der Waals surface area contributed by atoms with Gasteiger partial charge in [-0.15, -0.1) is 0 Å². The molecule has 1 saturated carbocycles. The number of nitrogens with zero attached hydrogens (tertiary/aromatic N) is 1. The number of aliphatic carboxylic acids is 1. The SMILES string of the molecule is O=C(N[C@@H]1CC[C@H](C(=O)O)C1)c1cccnc1OCC(F)(F)F. The number of carboxylic acids is 1. The van der Waals surface area contributed by atoms with Crippen LogP contribution in [0.2, 0.25) is 0 Å². The van der Waals surface area contributed by atoms with Gasteiger partial charge in [0.1, 0.15) is 5.56 Å². The van der Waals surface area contributed by atoms with E-state index in [1.807, 2.05) is 0 Å². The molecule has 0 radical (unpaired) electrons. The molecule has 1 amide bonds. The van der Waals surface area contributed by atoms with Gasteiger partial charge in [-0.05, 0) is 31.4 Å². The van der Waals surface area contributed by atoms with Crippen molar-refractivity contribution in [2.45, 2.75) is 31.5 Å². The molecule has 0 aromatic carbocycles. The third-order valence-corrected chi connectivity index (χ3v) is 3.51. The maximum absolute atomic E-state index is 12.2. The number of hydrogen-bond donors (Lipinski definition) is 2. The van der Waals surface area contributed by atoms with Gasteiger partial charge >= 0.3 is 12.1 Å². The average molecular weight is 332 g/mol. The number of nitrogens with one attached hydrogen (secondary N) is 1. The van der Waals surface area contributed by atoms with Crippen LogP contribution in [0.15, 0.2) is 18.3 Å². The first-order valence-electron chi connectivity index (χ1n) is 6.94. The van der Waals surface area contributed by atoms with Gasteiger partial charge in [0.2, 0.25) is 5.88 Å². The van der Waals surface area contributed by atoms with Gasteiger partial charge < -0.3 is 15.2 Å². The summed E-state index contributed by atoms with van der Waals surface area (Å²) in [5, 5.41) is 11.5. The summed E-state index contributed by atoms with van der Waals surface area (Å²) in [6, 6.07) is 2.38. The maximum Gasteiger partial charge on any atom is 0.422 e. The van der Waals surface area contributed by atoms with Crippen molar-refractivity contribution in [3.63, 3.8) is 0 Å². The van der Waals surface area contributed by atoms with Crippen molar-refractivity contribution in [2.24, 2.45) is 5.92 Å². The first-order chi connectivity index (χ1) is 10.8. The third-order valence-electron chi connectivity index (χ3n) is 3.51. The van der Waals surface area contributed by atoms with E-state index in [0.717, 1.165) is 0 Å². The van der Waals surface area contributed by atoms with Crippen LogP contribution in [0.1, 0.15) is 29.6 Å². The molecule has 2 rings (SSSR count). The van der Waals surface area contributed by atoms with E-state index in [2.05, 4.69) is 15.0 Å². The highest BCUT2D eigenvalue weighted by molar-refractivity contribution is 5.96. The van der Waals surface area contributed by atoms with Crippen molar-refractivity contribution < 1.29 is 32.6 Å². The van der Waals surface area contributed by atoms with Crippen molar-refractivity contribution in [3.05, 3.63) is 23.9 Å². The third kappa shape index (κ3) is 4.83. The number of ether oxygens (including phenoxy) is 1. The number of amides is 1. The quantitative estimate of drug-likeness (QED) is 0.861. The van der Waals surface area contributed by atoms with Gasteiger partial charge in [0.05, 0.1) is 5.92 Å². The number of carbonyl (C=O) groups is 2. The van der Waals surface area contributed by atoms with Crippen molar-refractivity contribution in [2.75, 3.05) is 6.61 Å². The van der Waals surface area contributed by atoms with Crippen LogP contribution >= 0.6 is 0 Å². The van der Waals surface area contributed by atoms with Gasteiger partial charge in [-0.2, -0.15) is 13.2 Å². The molecule has 1 aliphatic carbocycles. The van der Waals surface area contributed by atoms with E-state index in [4.69, 9.17) is 5.11 Å². The van der Waals surface area contributed by atoms with Crippen LogP contribution in [0.3, 0.4) is 0 Å². The van der Waals surface area contributed by atoms with E-state index in [-0.39, 0.29) is 11.6 Å². The molecule has 1 aliphatic rings. The minimum Gasteiger partial charge on any atom is -0.481 e. The molecule has 1 aromatic heterocycles. The monoisotopic (exact) mass is 332 g/mol. The highest BCUT2D eigenvalue weighted by Crippen LogP contribution is 2.26. The zero-order chi connectivity index (χ0) is 17.0. The Morgan fingerprint density at radius 1 is 1.39 bits per heavy atom. The summed E-state index contributed by atoms with van der Waals surface area (Å²) >= 11 is 0. The van der Waals surface area contributed by atoms with Crippen LogP contribution in [-0.4, -0.2) is 40.8 Å². The summed E-state index contributed by atoms with van der Waals surface area (Å²) in [5.74, 6) is -2.48. The second-order valence-electron chi connectivity index (χ2n) is 5.28. The molecular weight excluding hydrogens is 317 g/mol. The lowest BCUT2D eigenvalue weighted by Crippen LogP contribution is -2.34. The van der Waals surface area contributed by atoms with Crippen LogP contribution < -0.4 is 10.1 Å². The van der Waals surface area contributed by atoms with Crippen molar-refractivity contribution >= 4 is 11.9 Å². The molecule has 9 heteroatoms. The normalized spacial score (nSPS) is 21.0. The summed E-state index contributed by atoms with van der Waals surface area (Å²) in [7, 11) is 0. The lowest BCUT2D eigenvalue weighted by molar-refractivity contribution is -0.154. The van der Waals surface area contributed by atoms with E-state index in [9.17, 15) is 22.8 Å². The Hall–Kier alpha value is -2.32. The summed E-state index contributed by atoms with van der Waals surface area (Å²) in [5.41, 5.74) is -0.115. The summed E-state index contributed by atoms with van der Waals surface area (Å²) in [4.78, 5) is 26.7. The average Bonchev–Trinajstić information content (AvgIpc) is 2.93. The molecule has 1 heterocycles. The van der Waals surface area contributed by atoms with Gasteiger partial charge in [-0.3, -0.25) is 9.59 Å². The minimum atomic E-state index is -4.54. The molecular formula is C14H15F3N2O4. The van der Waals surface area contributed by atoms with E-state index in [1.165, 1.54) is 18.3 Å². The molecule has 2 atom stereocenters. The summed E-state index contributed by atoms with van der Waals surface area (Å²) in [6.07, 6.45) is -2.07. The number of alkyl halides is 3. The van der Waals surface area contributed by atoms with Crippen molar-refractivity contribution in [3.8, 4) is 5.88 Å². The molecule has 0 saturated heterocycles. The topological polar surface area (TPSA) is 88.5 Å². The Bertz CT molecular complexity index is 592. The highest BCUT2D eigenvalue weighted by atomic mass is 19.4. The first kappa shape index (κ1) is 17.0. The summed E-state index contributed by atoms with van der Waals surface area (Å²) < 4.78 is 41.2. The number of halogens is 3. The fraction of sp³-hybridized carbons (Fsp3) is 0.500. The van der Waals surface area contributed by atoms with Gasteiger partial charge in [0, 0.05) is 12.2 Å². The maximum atomic E-state index is 12.2. The lowest BCUT2D eigenvalue weighted by atomic mass is 10.1. The van der Waals surface area contributed by atoms with Crippen LogP contribution in [0, 0.1) is 5.92 Å². The number of rotatable bonds is 5. The zero-order valence-corrected chi connectivity index (χ0v) is 12.0. The lowest BCUT2D eigenvalue weighted by Gasteiger charge is -2.15. The minimum absolute atomic E-state index is 0.115. The van der Waals surface area contributed by atoms with Crippen molar-refractivity contribution in [1.82, 2.24) is 10.3 Å². The van der Waals surface area contributed by atoms with Crippen molar-refractivity contribution in [1.29, 1.82) is 0 Å². The van der Waals surface area contributed by atoms with E-state index >= 15 is 0 Å². The molecule has 126 valence electrons. The number of carbonyl (C=O) groups excluding carboxylic acids is 1. The second-order valence-corrected chi connectivity index (χ2v) is 5.28. The van der Waals surface area contributed by atoms with Gasteiger partial charge in [-0.25, -0.2) is 4.98 Å². The molecule has 0 aliphatic heterocycles. The molecule has 1 fully saturated rings. The fourth-order valence-corrected chi connectivity index (χ4v) is 2.43. The molecule has 1 aromatic rings. The van der Waals surface area contributed by atoms with Crippen LogP contribution in [0.25, 0.3) is 0 Å². The summed E-state index contributed by atoms with van der Waals surface area (Å²) in [6.45, 7) is -1.55. The molecule has 0 bridgehead atoms. The fourth-order valence-electron chi connectivity index (χ4n) is 2.43. The molecule has 0 unspecified atom stereocenters. The first-order valence-corrected chi connectivity index (χ1v) is 6.94. The Labute approximate surface area is 129 Å². The van der Waals surface area contributed by atoms with Gasteiger partial charge in [0.15, 0.2) is 6.61 Å². The number of aromatic nitrogens is 1. The molecule has 0 spiro atoms. The number of hydrogen-bond acceptors (Lipinski definition) is 4. The highest BCUT2D eigenvalue weighted by Gasteiger charge is 2.32. The van der Waals surface area contributed by atoms with Crippen LogP contribution in [0.4, 0.5) is 13.2 Å². The molecule has 2 N–H and O–H groups in total. The number of pyridine rings is 1. The Kier molecular flexibility index (Phi) is 5.07. The van der Waals surface area contributed by atoms with Gasteiger partial charge in [-0.1, -0.05) is 0 Å². The Morgan fingerprint density at radius 3 is 2.74 bits per heavy atom.